The third-order valence-electron chi connectivity index (χ3n) is 3.93. The predicted octanol–water partition coefficient (Wildman–Crippen LogP) is 3.84. The molecule has 1 aliphatic rings. The number of halogens is 4. The van der Waals surface area contributed by atoms with Crippen LogP contribution in [0.3, 0.4) is 0 Å². The molecule has 0 bridgehead atoms. The summed E-state index contributed by atoms with van der Waals surface area (Å²) in [6, 6.07) is 3.34. The average Bonchev–Trinajstić information content (AvgIpc) is 2.89. The summed E-state index contributed by atoms with van der Waals surface area (Å²) >= 11 is 0. The van der Waals surface area contributed by atoms with Crippen molar-refractivity contribution < 1.29 is 17.9 Å². The number of likely N-dealkylation sites (tertiary alicyclic amines) is 1. The monoisotopic (exact) mass is 486 g/mol. The molecule has 1 N–H and O–H groups in total. The van der Waals surface area contributed by atoms with Crippen molar-refractivity contribution in [3.05, 3.63) is 23.9 Å². The molecular formula is C17H26F3IN4O. The van der Waals surface area contributed by atoms with Gasteiger partial charge in [-0.2, -0.15) is 13.2 Å². The van der Waals surface area contributed by atoms with Gasteiger partial charge in [0, 0.05) is 31.4 Å². The smallest absolute Gasteiger partial charge is 0.422 e. The van der Waals surface area contributed by atoms with Crippen molar-refractivity contribution in [2.75, 3.05) is 26.2 Å². The van der Waals surface area contributed by atoms with Crippen LogP contribution >= 0.6 is 24.0 Å². The van der Waals surface area contributed by atoms with Gasteiger partial charge in [0.15, 0.2) is 12.6 Å². The van der Waals surface area contributed by atoms with E-state index < -0.39 is 12.8 Å². The maximum absolute atomic E-state index is 12.4. The molecule has 2 heterocycles. The largest absolute Gasteiger partial charge is 0.468 e. The molecule has 0 radical (unpaired) electrons. The molecule has 0 aromatic carbocycles. The van der Waals surface area contributed by atoms with Crippen LogP contribution in [-0.2, 0) is 6.54 Å². The summed E-state index contributed by atoms with van der Waals surface area (Å²) in [6.45, 7) is 7.77. The van der Waals surface area contributed by atoms with Crippen LogP contribution in [0.1, 0.15) is 32.8 Å². The zero-order valence-corrected chi connectivity index (χ0v) is 17.6. The number of hydrogen-bond donors (Lipinski definition) is 1. The molecule has 1 aromatic heterocycles. The second-order valence-electron chi connectivity index (χ2n) is 6.88. The van der Waals surface area contributed by atoms with Gasteiger partial charge in [-0.15, -0.1) is 24.0 Å². The van der Waals surface area contributed by atoms with Crippen LogP contribution in [0.4, 0.5) is 13.2 Å². The molecule has 0 amide bonds. The predicted molar refractivity (Wildman–Crippen MR) is 106 cm³/mol. The van der Waals surface area contributed by atoms with E-state index in [0.717, 1.165) is 32.0 Å². The van der Waals surface area contributed by atoms with E-state index in [4.69, 9.17) is 4.74 Å². The molecule has 1 saturated heterocycles. The first-order valence-electron chi connectivity index (χ1n) is 8.37. The van der Waals surface area contributed by atoms with Crippen LogP contribution in [0.2, 0.25) is 0 Å². The van der Waals surface area contributed by atoms with Gasteiger partial charge in [-0.1, -0.05) is 19.9 Å². The van der Waals surface area contributed by atoms with Gasteiger partial charge in [0.2, 0.25) is 5.88 Å². The van der Waals surface area contributed by atoms with Crippen molar-refractivity contribution in [1.29, 1.82) is 0 Å². The lowest BCUT2D eigenvalue weighted by atomic mass is 9.93. The summed E-state index contributed by atoms with van der Waals surface area (Å²) in [5.41, 5.74) is 0.756. The number of pyridine rings is 1. The number of nitrogens with zero attached hydrogens (tertiary/aromatic N) is 3. The van der Waals surface area contributed by atoms with E-state index in [0.29, 0.717) is 5.56 Å². The second kappa shape index (κ2) is 9.61. The number of guanidine groups is 1. The van der Waals surface area contributed by atoms with Gasteiger partial charge in [0.25, 0.3) is 0 Å². The zero-order valence-electron chi connectivity index (χ0n) is 15.3. The Morgan fingerprint density at radius 3 is 2.73 bits per heavy atom. The van der Waals surface area contributed by atoms with E-state index in [1.54, 1.807) is 12.1 Å². The first kappa shape index (κ1) is 22.8. The lowest BCUT2D eigenvalue weighted by Gasteiger charge is -2.23. The number of hydrogen-bond acceptors (Lipinski definition) is 3. The van der Waals surface area contributed by atoms with Gasteiger partial charge in [0.1, 0.15) is 0 Å². The topological polar surface area (TPSA) is 49.8 Å². The Balaban J connectivity index is 0.00000338. The van der Waals surface area contributed by atoms with Crippen molar-refractivity contribution in [2.45, 2.75) is 39.9 Å². The SMILES string of the molecule is CCNC(=NCc1cccnc1OCC(F)(F)F)N1CCC(C)(C)C1.I. The number of aromatic nitrogens is 1. The van der Waals surface area contributed by atoms with Crippen LogP contribution in [0, 0.1) is 5.41 Å². The molecule has 0 spiro atoms. The standard InChI is InChI=1S/C17H25F3N4O.HI/c1-4-21-15(24-9-7-16(2,3)11-24)23-10-13-6-5-8-22-14(13)25-12-17(18,19)20;/h5-6,8H,4,7,9-12H2,1-3H3,(H,21,23);1H. The van der Waals surface area contributed by atoms with Gasteiger partial charge in [-0.3, -0.25) is 0 Å². The molecule has 148 valence electrons. The van der Waals surface area contributed by atoms with E-state index >= 15 is 0 Å². The Morgan fingerprint density at radius 1 is 1.42 bits per heavy atom. The van der Waals surface area contributed by atoms with Crippen molar-refractivity contribution in [3.63, 3.8) is 0 Å². The Kier molecular flexibility index (Phi) is 8.42. The molecule has 5 nitrogen and oxygen atoms in total. The maximum atomic E-state index is 12.4. The molecule has 0 saturated carbocycles. The summed E-state index contributed by atoms with van der Waals surface area (Å²) in [6.07, 6.45) is -1.91. The van der Waals surface area contributed by atoms with E-state index in [1.807, 2.05) is 6.92 Å². The molecule has 1 fully saturated rings. The Hall–Kier alpha value is -1.26. The highest BCUT2D eigenvalue weighted by molar-refractivity contribution is 14.0. The number of aliphatic imine (C=N–C) groups is 1. The fourth-order valence-electron chi connectivity index (χ4n) is 2.70. The molecule has 26 heavy (non-hydrogen) atoms. The first-order valence-corrected chi connectivity index (χ1v) is 8.37. The molecule has 2 rings (SSSR count). The Morgan fingerprint density at radius 2 is 2.15 bits per heavy atom. The second-order valence-corrected chi connectivity index (χ2v) is 6.88. The minimum atomic E-state index is -4.39. The Bertz CT molecular complexity index is 608. The molecule has 1 aliphatic heterocycles. The van der Waals surface area contributed by atoms with Crippen LogP contribution < -0.4 is 10.1 Å². The molecule has 0 unspecified atom stereocenters. The van der Waals surface area contributed by atoms with E-state index in [1.165, 1.54) is 6.20 Å². The van der Waals surface area contributed by atoms with Crippen LogP contribution in [0.25, 0.3) is 0 Å². The Labute approximate surface area is 169 Å². The van der Waals surface area contributed by atoms with Gasteiger partial charge in [-0.25, -0.2) is 9.98 Å². The van der Waals surface area contributed by atoms with Gasteiger partial charge in [-0.05, 0) is 24.8 Å². The lowest BCUT2D eigenvalue weighted by Crippen LogP contribution is -2.40. The minimum absolute atomic E-state index is 0. The molecule has 9 heteroatoms. The van der Waals surface area contributed by atoms with Gasteiger partial charge < -0.3 is 15.0 Å². The van der Waals surface area contributed by atoms with Crippen LogP contribution in [0.15, 0.2) is 23.3 Å². The van der Waals surface area contributed by atoms with Crippen molar-refractivity contribution in [1.82, 2.24) is 15.2 Å². The number of rotatable bonds is 5. The minimum Gasteiger partial charge on any atom is -0.468 e. The summed E-state index contributed by atoms with van der Waals surface area (Å²) in [4.78, 5) is 10.6. The third kappa shape index (κ3) is 7.16. The number of nitrogens with one attached hydrogen (secondary N) is 1. The summed E-state index contributed by atoms with van der Waals surface area (Å²) in [5.74, 6) is 0.736. The quantitative estimate of drug-likeness (QED) is 0.391. The fraction of sp³-hybridized carbons (Fsp3) is 0.647. The van der Waals surface area contributed by atoms with Crippen LogP contribution in [0.5, 0.6) is 5.88 Å². The molecular weight excluding hydrogens is 460 g/mol. The molecule has 0 atom stereocenters. The van der Waals surface area contributed by atoms with E-state index in [-0.39, 0.29) is 41.8 Å². The highest BCUT2D eigenvalue weighted by Gasteiger charge is 2.31. The fourth-order valence-corrected chi connectivity index (χ4v) is 2.70. The summed E-state index contributed by atoms with van der Waals surface area (Å²) in [7, 11) is 0. The highest BCUT2D eigenvalue weighted by Crippen LogP contribution is 2.29. The maximum Gasteiger partial charge on any atom is 0.422 e. The van der Waals surface area contributed by atoms with Crippen molar-refractivity contribution >= 4 is 29.9 Å². The summed E-state index contributed by atoms with van der Waals surface area (Å²) in [5, 5.41) is 3.24. The third-order valence-corrected chi connectivity index (χ3v) is 3.93. The van der Waals surface area contributed by atoms with Crippen molar-refractivity contribution in [3.8, 4) is 5.88 Å². The number of alkyl halides is 3. The first-order chi connectivity index (χ1) is 11.7. The van der Waals surface area contributed by atoms with Crippen molar-refractivity contribution in [2.24, 2.45) is 10.4 Å². The van der Waals surface area contributed by atoms with Crippen LogP contribution in [-0.4, -0.2) is 48.3 Å². The molecule has 1 aromatic rings. The summed E-state index contributed by atoms with van der Waals surface area (Å²) < 4.78 is 41.9. The average molecular weight is 486 g/mol. The van der Waals surface area contributed by atoms with E-state index in [2.05, 4.69) is 34.0 Å². The van der Waals surface area contributed by atoms with E-state index in [9.17, 15) is 13.2 Å². The zero-order chi connectivity index (χ0) is 18.5. The lowest BCUT2D eigenvalue weighted by molar-refractivity contribution is -0.154. The van der Waals surface area contributed by atoms with Gasteiger partial charge >= 0.3 is 6.18 Å². The molecule has 0 aliphatic carbocycles. The normalized spacial score (nSPS) is 17.0. The highest BCUT2D eigenvalue weighted by atomic mass is 127. The van der Waals surface area contributed by atoms with Gasteiger partial charge in [0.05, 0.1) is 6.54 Å². The number of ether oxygens (including phenoxy) is 1.